The molecule has 3 aliphatic rings. The number of methoxy groups -OCH3 is 1. The van der Waals surface area contributed by atoms with Gasteiger partial charge in [-0.3, -0.25) is 4.79 Å². The quantitative estimate of drug-likeness (QED) is 0.810. The van der Waals surface area contributed by atoms with Crippen LogP contribution in [-0.4, -0.2) is 56.6 Å². The molecule has 2 fully saturated rings. The van der Waals surface area contributed by atoms with Crippen molar-refractivity contribution in [2.24, 2.45) is 5.92 Å². The molecular weight excluding hydrogens is 274 g/mol. The average Bonchev–Trinajstić information content (AvgIpc) is 3.21. The first-order valence-corrected chi connectivity index (χ1v) is 7.09. The van der Waals surface area contributed by atoms with Crippen LogP contribution in [0, 0.1) is 5.92 Å². The van der Waals surface area contributed by atoms with E-state index in [-0.39, 0.29) is 30.8 Å². The predicted octanol–water partition coefficient (Wildman–Crippen LogP) is 0.901. The zero-order valence-electron chi connectivity index (χ0n) is 11.8. The van der Waals surface area contributed by atoms with E-state index in [2.05, 4.69) is 0 Å². The van der Waals surface area contributed by atoms with Crippen molar-refractivity contribution in [1.82, 2.24) is 4.90 Å². The number of fused-ring (bicyclic) bond motifs is 2. The van der Waals surface area contributed by atoms with Gasteiger partial charge in [-0.1, -0.05) is 0 Å². The first-order valence-electron chi connectivity index (χ1n) is 7.09. The fourth-order valence-corrected chi connectivity index (χ4v) is 3.38. The molecule has 4 rings (SSSR count). The third-order valence-electron chi connectivity index (χ3n) is 4.53. The fourth-order valence-electron chi connectivity index (χ4n) is 3.38. The van der Waals surface area contributed by atoms with Crippen LogP contribution >= 0.6 is 0 Å². The van der Waals surface area contributed by atoms with Gasteiger partial charge in [0.25, 0.3) is 5.91 Å². The van der Waals surface area contributed by atoms with Crippen molar-refractivity contribution in [3.63, 3.8) is 0 Å². The van der Waals surface area contributed by atoms with E-state index in [1.165, 1.54) is 0 Å². The predicted molar refractivity (Wildman–Crippen MR) is 72.5 cm³/mol. The Labute approximate surface area is 122 Å². The van der Waals surface area contributed by atoms with Crippen LogP contribution < -0.4 is 9.47 Å². The van der Waals surface area contributed by atoms with Crippen LogP contribution in [0.2, 0.25) is 0 Å². The average molecular weight is 291 g/mol. The Hall–Kier alpha value is -1.79. The molecule has 0 unspecified atom stereocenters. The highest BCUT2D eigenvalue weighted by Crippen LogP contribution is 2.36. The fraction of sp³-hybridized carbons (Fsp3) is 0.533. The molecule has 0 aromatic heterocycles. The Morgan fingerprint density at radius 1 is 1.29 bits per heavy atom. The molecule has 6 heteroatoms. The highest BCUT2D eigenvalue weighted by atomic mass is 16.7. The molecule has 3 atom stereocenters. The summed E-state index contributed by atoms with van der Waals surface area (Å²) < 4.78 is 21.6. The van der Waals surface area contributed by atoms with Gasteiger partial charge in [-0.2, -0.15) is 0 Å². The molecule has 0 saturated carbocycles. The van der Waals surface area contributed by atoms with Crippen molar-refractivity contribution in [2.75, 3.05) is 33.7 Å². The van der Waals surface area contributed by atoms with Gasteiger partial charge in [0.1, 0.15) is 0 Å². The van der Waals surface area contributed by atoms with Crippen LogP contribution in [0.5, 0.6) is 11.5 Å². The number of rotatable bonds is 2. The minimum absolute atomic E-state index is 0.00616. The number of ether oxygens (including phenoxy) is 4. The second kappa shape index (κ2) is 4.89. The van der Waals surface area contributed by atoms with Gasteiger partial charge in [0, 0.05) is 25.1 Å². The van der Waals surface area contributed by atoms with Gasteiger partial charge in [0.2, 0.25) is 6.79 Å². The normalized spacial score (nSPS) is 29.8. The molecule has 112 valence electrons. The molecule has 3 aliphatic heterocycles. The summed E-state index contributed by atoms with van der Waals surface area (Å²) in [5, 5.41) is 0. The SMILES string of the molecule is CO[C@H]1CN(C(=O)c2ccc3c(c2)OCO3)[C@@H]2COC[C@H]12. The lowest BCUT2D eigenvalue weighted by Gasteiger charge is -2.22. The lowest BCUT2D eigenvalue weighted by atomic mass is 10.0. The molecule has 0 N–H and O–H groups in total. The second-order valence-corrected chi connectivity index (χ2v) is 5.57. The number of nitrogens with zero attached hydrogens (tertiary/aromatic N) is 1. The Morgan fingerprint density at radius 2 is 2.14 bits per heavy atom. The smallest absolute Gasteiger partial charge is 0.254 e. The van der Waals surface area contributed by atoms with Crippen LogP contribution in [0.25, 0.3) is 0 Å². The van der Waals surface area contributed by atoms with Crippen molar-refractivity contribution >= 4 is 5.91 Å². The van der Waals surface area contributed by atoms with Gasteiger partial charge in [-0.05, 0) is 18.2 Å². The summed E-state index contributed by atoms with van der Waals surface area (Å²) in [6.45, 7) is 2.07. The standard InChI is InChI=1S/C15H17NO5/c1-18-14-5-16(11-7-19-6-10(11)14)15(17)9-2-3-12-13(4-9)21-8-20-12/h2-4,10-11,14H,5-8H2,1H3/t10-,11+,14-/m0/s1. The number of amides is 1. The maximum atomic E-state index is 12.8. The number of carbonyl (C=O) groups excluding carboxylic acids is 1. The molecule has 0 spiro atoms. The van der Waals surface area contributed by atoms with E-state index in [0.29, 0.717) is 36.8 Å². The summed E-state index contributed by atoms with van der Waals surface area (Å²) in [7, 11) is 1.69. The van der Waals surface area contributed by atoms with E-state index < -0.39 is 0 Å². The highest BCUT2D eigenvalue weighted by Gasteiger charge is 2.47. The van der Waals surface area contributed by atoms with Gasteiger partial charge < -0.3 is 23.8 Å². The molecule has 1 aromatic rings. The minimum Gasteiger partial charge on any atom is -0.454 e. The van der Waals surface area contributed by atoms with Crippen molar-refractivity contribution in [3.05, 3.63) is 23.8 Å². The van der Waals surface area contributed by atoms with E-state index in [4.69, 9.17) is 18.9 Å². The van der Waals surface area contributed by atoms with E-state index >= 15 is 0 Å². The summed E-state index contributed by atoms with van der Waals surface area (Å²) in [5.74, 6) is 1.58. The number of benzene rings is 1. The summed E-state index contributed by atoms with van der Waals surface area (Å²) in [5.41, 5.74) is 0.613. The van der Waals surface area contributed by atoms with Crippen molar-refractivity contribution in [3.8, 4) is 11.5 Å². The Bertz CT molecular complexity index is 575. The maximum Gasteiger partial charge on any atom is 0.254 e. The number of hydrogen-bond acceptors (Lipinski definition) is 5. The maximum absolute atomic E-state index is 12.8. The van der Waals surface area contributed by atoms with Crippen LogP contribution in [-0.2, 0) is 9.47 Å². The van der Waals surface area contributed by atoms with Gasteiger partial charge in [0.05, 0.1) is 25.4 Å². The van der Waals surface area contributed by atoms with Crippen molar-refractivity contribution < 1.29 is 23.7 Å². The van der Waals surface area contributed by atoms with Crippen molar-refractivity contribution in [2.45, 2.75) is 12.1 Å². The monoisotopic (exact) mass is 291 g/mol. The highest BCUT2D eigenvalue weighted by molar-refractivity contribution is 5.95. The Balaban J connectivity index is 1.60. The van der Waals surface area contributed by atoms with Gasteiger partial charge in [-0.15, -0.1) is 0 Å². The zero-order valence-corrected chi connectivity index (χ0v) is 11.8. The van der Waals surface area contributed by atoms with E-state index in [1.54, 1.807) is 25.3 Å². The number of likely N-dealkylation sites (tertiary alicyclic amines) is 1. The zero-order chi connectivity index (χ0) is 14.4. The van der Waals surface area contributed by atoms with Crippen LogP contribution in [0.3, 0.4) is 0 Å². The molecular formula is C15H17NO5. The third-order valence-corrected chi connectivity index (χ3v) is 4.53. The van der Waals surface area contributed by atoms with E-state index in [0.717, 1.165) is 0 Å². The first kappa shape index (κ1) is 12.9. The number of hydrogen-bond donors (Lipinski definition) is 0. The molecule has 6 nitrogen and oxygen atoms in total. The molecule has 1 aromatic carbocycles. The number of carbonyl (C=O) groups is 1. The van der Waals surface area contributed by atoms with Crippen LogP contribution in [0.4, 0.5) is 0 Å². The van der Waals surface area contributed by atoms with Gasteiger partial charge in [-0.25, -0.2) is 0 Å². The van der Waals surface area contributed by atoms with Crippen molar-refractivity contribution in [1.29, 1.82) is 0 Å². The summed E-state index contributed by atoms with van der Waals surface area (Å²) in [4.78, 5) is 14.6. The third kappa shape index (κ3) is 1.98. The molecule has 1 amide bonds. The van der Waals surface area contributed by atoms with Gasteiger partial charge >= 0.3 is 0 Å². The van der Waals surface area contributed by atoms with Crippen LogP contribution in [0.1, 0.15) is 10.4 Å². The largest absolute Gasteiger partial charge is 0.454 e. The molecule has 2 saturated heterocycles. The topological polar surface area (TPSA) is 57.2 Å². The summed E-state index contributed by atoms with van der Waals surface area (Å²) >= 11 is 0. The van der Waals surface area contributed by atoms with E-state index in [1.807, 2.05) is 4.90 Å². The molecule has 0 aliphatic carbocycles. The Kier molecular flexibility index (Phi) is 3.01. The van der Waals surface area contributed by atoms with Gasteiger partial charge in [0.15, 0.2) is 11.5 Å². The Morgan fingerprint density at radius 3 is 3.00 bits per heavy atom. The molecule has 0 bridgehead atoms. The van der Waals surface area contributed by atoms with E-state index in [9.17, 15) is 4.79 Å². The lowest BCUT2D eigenvalue weighted by molar-refractivity contribution is 0.0479. The first-order chi connectivity index (χ1) is 10.3. The minimum atomic E-state index is -0.00616. The molecule has 3 heterocycles. The second-order valence-electron chi connectivity index (χ2n) is 5.57. The summed E-state index contributed by atoms with van der Waals surface area (Å²) in [6, 6.07) is 5.41. The lowest BCUT2D eigenvalue weighted by Crippen LogP contribution is -2.38. The molecule has 21 heavy (non-hydrogen) atoms. The van der Waals surface area contributed by atoms with Crippen LogP contribution in [0.15, 0.2) is 18.2 Å². The summed E-state index contributed by atoms with van der Waals surface area (Å²) in [6.07, 6.45) is 0.0514. The molecule has 0 radical (unpaired) electrons.